The Morgan fingerprint density at radius 3 is 2.43 bits per heavy atom. The highest BCUT2D eigenvalue weighted by Crippen LogP contribution is 2.14. The molecule has 0 amide bonds. The third-order valence-corrected chi connectivity index (χ3v) is 4.10. The Kier molecular flexibility index (Phi) is 6.41. The van der Waals surface area contributed by atoms with Crippen molar-refractivity contribution in [3.05, 3.63) is 59.2 Å². The first-order valence-electron chi connectivity index (χ1n) is 7.83. The van der Waals surface area contributed by atoms with Crippen molar-refractivity contribution >= 4 is 23.0 Å². The fourth-order valence-electron chi connectivity index (χ4n) is 2.28. The van der Waals surface area contributed by atoms with E-state index in [2.05, 4.69) is 48.7 Å². The highest BCUT2D eigenvalue weighted by molar-refractivity contribution is 7.80. The summed E-state index contributed by atoms with van der Waals surface area (Å²) >= 11 is 5.34. The summed E-state index contributed by atoms with van der Waals surface area (Å²) in [5.41, 5.74) is 4.88. The Labute approximate surface area is 144 Å². The Morgan fingerprint density at radius 2 is 1.78 bits per heavy atom. The van der Waals surface area contributed by atoms with E-state index in [0.29, 0.717) is 5.11 Å². The molecule has 0 aliphatic rings. The number of thiocarbonyl (C=S) groups is 1. The van der Waals surface area contributed by atoms with Gasteiger partial charge in [0, 0.05) is 12.2 Å². The Bertz CT molecular complexity index is 653. The largest absolute Gasteiger partial charge is 0.497 e. The zero-order chi connectivity index (χ0) is 16.7. The lowest BCUT2D eigenvalue weighted by Crippen LogP contribution is -2.29. The molecule has 0 saturated carbocycles. The molecule has 0 saturated heterocycles. The quantitative estimate of drug-likeness (QED) is 0.614. The normalized spacial score (nSPS) is 10.2. The maximum absolute atomic E-state index is 5.34. The summed E-state index contributed by atoms with van der Waals surface area (Å²) in [6.07, 6.45) is 2.05. The van der Waals surface area contributed by atoms with Crippen molar-refractivity contribution in [2.24, 2.45) is 0 Å². The van der Waals surface area contributed by atoms with Crippen LogP contribution in [-0.2, 0) is 6.42 Å². The summed E-state index contributed by atoms with van der Waals surface area (Å²) in [6, 6.07) is 14.5. The average molecular weight is 328 g/mol. The smallest absolute Gasteiger partial charge is 0.170 e. The minimum Gasteiger partial charge on any atom is -0.497 e. The molecule has 0 atom stereocenters. The third kappa shape index (κ3) is 5.57. The zero-order valence-corrected chi connectivity index (χ0v) is 14.8. The lowest BCUT2D eigenvalue weighted by molar-refractivity contribution is 0.414. The lowest BCUT2D eigenvalue weighted by Gasteiger charge is -2.12. The number of hydrogen-bond donors (Lipinski definition) is 2. The van der Waals surface area contributed by atoms with Gasteiger partial charge in [0.05, 0.1) is 7.11 Å². The number of aryl methyl sites for hydroxylation is 3. The van der Waals surface area contributed by atoms with Gasteiger partial charge in [0.2, 0.25) is 0 Å². The van der Waals surface area contributed by atoms with Crippen LogP contribution >= 0.6 is 12.2 Å². The minimum atomic E-state index is 0.669. The predicted molar refractivity (Wildman–Crippen MR) is 101 cm³/mol. The number of anilines is 1. The molecule has 0 fully saturated rings. The summed E-state index contributed by atoms with van der Waals surface area (Å²) in [4.78, 5) is 0. The van der Waals surface area contributed by atoms with Crippen LogP contribution in [0.1, 0.15) is 23.1 Å². The Morgan fingerprint density at radius 1 is 1.04 bits per heavy atom. The van der Waals surface area contributed by atoms with E-state index < -0.39 is 0 Å². The molecule has 4 heteroatoms. The topological polar surface area (TPSA) is 33.3 Å². The molecule has 23 heavy (non-hydrogen) atoms. The monoisotopic (exact) mass is 328 g/mol. The average Bonchev–Trinajstić information content (AvgIpc) is 2.55. The van der Waals surface area contributed by atoms with Gasteiger partial charge >= 0.3 is 0 Å². The maximum Gasteiger partial charge on any atom is 0.170 e. The number of methoxy groups -OCH3 is 1. The van der Waals surface area contributed by atoms with Gasteiger partial charge in [0.15, 0.2) is 5.11 Å². The number of rotatable bonds is 6. The molecular weight excluding hydrogens is 304 g/mol. The summed E-state index contributed by atoms with van der Waals surface area (Å²) in [5.74, 6) is 0.894. The van der Waals surface area contributed by atoms with Gasteiger partial charge in [-0.15, -0.1) is 0 Å². The molecule has 0 heterocycles. The van der Waals surface area contributed by atoms with Crippen LogP contribution in [0.4, 0.5) is 5.69 Å². The SMILES string of the molecule is COc1ccc(CCCNC(=S)Nc2ccc(C)c(C)c2)cc1. The van der Waals surface area contributed by atoms with Crippen molar-refractivity contribution in [1.82, 2.24) is 5.32 Å². The molecule has 0 aromatic heterocycles. The van der Waals surface area contributed by atoms with Gasteiger partial charge in [0.1, 0.15) is 5.75 Å². The van der Waals surface area contributed by atoms with E-state index in [1.165, 1.54) is 16.7 Å². The van der Waals surface area contributed by atoms with Crippen molar-refractivity contribution < 1.29 is 4.74 Å². The van der Waals surface area contributed by atoms with Crippen molar-refractivity contribution in [3.8, 4) is 5.75 Å². The van der Waals surface area contributed by atoms with Gasteiger partial charge in [-0.2, -0.15) is 0 Å². The van der Waals surface area contributed by atoms with E-state index in [4.69, 9.17) is 17.0 Å². The first-order valence-corrected chi connectivity index (χ1v) is 8.24. The van der Waals surface area contributed by atoms with Crippen molar-refractivity contribution in [2.45, 2.75) is 26.7 Å². The lowest BCUT2D eigenvalue weighted by atomic mass is 10.1. The Balaban J connectivity index is 1.70. The van der Waals surface area contributed by atoms with E-state index in [1.807, 2.05) is 18.2 Å². The molecule has 0 spiro atoms. The van der Waals surface area contributed by atoms with E-state index >= 15 is 0 Å². The van der Waals surface area contributed by atoms with E-state index in [9.17, 15) is 0 Å². The van der Waals surface area contributed by atoms with Crippen LogP contribution in [0.2, 0.25) is 0 Å². The molecule has 2 aromatic carbocycles. The first-order chi connectivity index (χ1) is 11.1. The van der Waals surface area contributed by atoms with Gasteiger partial charge in [-0.05, 0) is 79.9 Å². The molecular formula is C19H24N2OS. The van der Waals surface area contributed by atoms with Gasteiger partial charge in [-0.1, -0.05) is 18.2 Å². The summed E-state index contributed by atoms with van der Waals surface area (Å²) in [5, 5.41) is 7.15. The van der Waals surface area contributed by atoms with Gasteiger partial charge in [0.25, 0.3) is 0 Å². The maximum atomic E-state index is 5.34. The van der Waals surface area contributed by atoms with Crippen LogP contribution in [0.15, 0.2) is 42.5 Å². The van der Waals surface area contributed by atoms with E-state index in [-0.39, 0.29) is 0 Å². The second kappa shape index (κ2) is 8.53. The molecule has 0 aliphatic heterocycles. The molecule has 0 unspecified atom stereocenters. The standard InChI is InChI=1S/C19H24N2OS/c1-14-6-9-17(13-15(14)2)21-19(23)20-12-4-5-16-7-10-18(22-3)11-8-16/h6-11,13H,4-5,12H2,1-3H3,(H2,20,21,23). The second-order valence-corrected chi connectivity index (χ2v) is 6.04. The minimum absolute atomic E-state index is 0.669. The van der Waals surface area contributed by atoms with Crippen molar-refractivity contribution in [2.75, 3.05) is 19.0 Å². The van der Waals surface area contributed by atoms with Crippen LogP contribution in [0.3, 0.4) is 0 Å². The molecule has 2 N–H and O–H groups in total. The van der Waals surface area contributed by atoms with E-state index in [1.54, 1.807) is 7.11 Å². The van der Waals surface area contributed by atoms with Crippen LogP contribution in [0.5, 0.6) is 5.75 Å². The summed E-state index contributed by atoms with van der Waals surface area (Å²) in [6.45, 7) is 5.06. The zero-order valence-electron chi connectivity index (χ0n) is 14.0. The third-order valence-electron chi connectivity index (χ3n) is 3.85. The summed E-state index contributed by atoms with van der Waals surface area (Å²) < 4.78 is 5.16. The molecule has 122 valence electrons. The highest BCUT2D eigenvalue weighted by atomic mass is 32.1. The molecule has 0 radical (unpaired) electrons. The van der Waals surface area contributed by atoms with Crippen molar-refractivity contribution in [3.63, 3.8) is 0 Å². The fourth-order valence-corrected chi connectivity index (χ4v) is 2.50. The highest BCUT2D eigenvalue weighted by Gasteiger charge is 2.00. The molecule has 3 nitrogen and oxygen atoms in total. The molecule has 2 rings (SSSR count). The molecule has 0 aliphatic carbocycles. The van der Waals surface area contributed by atoms with Crippen molar-refractivity contribution in [1.29, 1.82) is 0 Å². The van der Waals surface area contributed by atoms with Gasteiger partial charge in [-0.3, -0.25) is 0 Å². The number of hydrogen-bond acceptors (Lipinski definition) is 2. The van der Waals surface area contributed by atoms with Crippen LogP contribution in [-0.4, -0.2) is 18.8 Å². The number of benzene rings is 2. The van der Waals surface area contributed by atoms with Crippen LogP contribution in [0.25, 0.3) is 0 Å². The van der Waals surface area contributed by atoms with E-state index in [0.717, 1.165) is 30.8 Å². The second-order valence-electron chi connectivity index (χ2n) is 5.63. The number of ether oxygens (including phenoxy) is 1. The molecule has 0 bridgehead atoms. The van der Waals surface area contributed by atoms with Crippen LogP contribution in [0, 0.1) is 13.8 Å². The Hall–Kier alpha value is -2.07. The summed E-state index contributed by atoms with van der Waals surface area (Å²) in [7, 11) is 1.68. The fraction of sp³-hybridized carbons (Fsp3) is 0.316. The van der Waals surface area contributed by atoms with Gasteiger partial charge in [-0.25, -0.2) is 0 Å². The number of nitrogens with one attached hydrogen (secondary N) is 2. The predicted octanol–water partition coefficient (Wildman–Crippen LogP) is 4.23. The molecule has 2 aromatic rings. The first kappa shape index (κ1) is 17.3. The van der Waals surface area contributed by atoms with Gasteiger partial charge < -0.3 is 15.4 Å². The van der Waals surface area contributed by atoms with Crippen LogP contribution < -0.4 is 15.4 Å².